The fourth-order valence-electron chi connectivity index (χ4n) is 2.97. The van der Waals surface area contributed by atoms with Crippen molar-refractivity contribution >= 4 is 10.0 Å². The van der Waals surface area contributed by atoms with E-state index in [2.05, 4.69) is 9.82 Å². The number of sulfonamides is 1. The number of nitrogens with zero attached hydrogens (tertiary/aromatic N) is 2. The molecule has 1 heterocycles. The zero-order valence-corrected chi connectivity index (χ0v) is 16.8. The average Bonchev–Trinajstić information content (AvgIpc) is 3.42. The first-order chi connectivity index (χ1) is 13.7. The number of aryl methyl sites for hydroxylation is 1. The summed E-state index contributed by atoms with van der Waals surface area (Å²) in [6.45, 7) is 0.229. The lowest BCUT2D eigenvalue weighted by Crippen LogP contribution is -2.26. The van der Waals surface area contributed by atoms with Crippen molar-refractivity contribution in [3.05, 3.63) is 35.7 Å². The second-order valence-corrected chi connectivity index (χ2v) is 8.45. The standard InChI is InChI=1S/C18H22F3N3O4S/c1-27-13-6-7-16(15(10-13)28-2)29(25,26)22-8-3-9-24-14(12-4-5-12)11-17(23-24)18(19,20)21/h6-7,10-12,22H,3-5,8-9H2,1-2H3. The number of aromatic nitrogens is 2. The molecule has 1 aromatic heterocycles. The molecule has 0 radical (unpaired) electrons. The van der Waals surface area contributed by atoms with Crippen LogP contribution in [0.3, 0.4) is 0 Å². The van der Waals surface area contributed by atoms with Gasteiger partial charge in [0.05, 0.1) is 14.2 Å². The number of hydrogen-bond acceptors (Lipinski definition) is 5. The fourth-order valence-corrected chi connectivity index (χ4v) is 4.19. The highest BCUT2D eigenvalue weighted by Gasteiger charge is 2.37. The smallest absolute Gasteiger partial charge is 0.435 e. The van der Waals surface area contributed by atoms with Gasteiger partial charge in [0.25, 0.3) is 0 Å². The van der Waals surface area contributed by atoms with Gasteiger partial charge in [-0.25, -0.2) is 13.1 Å². The zero-order valence-electron chi connectivity index (χ0n) is 16.0. The van der Waals surface area contributed by atoms with Gasteiger partial charge in [-0.05, 0) is 37.5 Å². The maximum Gasteiger partial charge on any atom is 0.435 e. The molecule has 2 aromatic rings. The number of ether oxygens (including phenoxy) is 2. The topological polar surface area (TPSA) is 82.5 Å². The van der Waals surface area contributed by atoms with Gasteiger partial charge in [0.15, 0.2) is 5.69 Å². The van der Waals surface area contributed by atoms with Crippen LogP contribution in [0.1, 0.15) is 36.6 Å². The van der Waals surface area contributed by atoms with E-state index in [1.165, 1.54) is 37.1 Å². The Morgan fingerprint density at radius 1 is 1.21 bits per heavy atom. The summed E-state index contributed by atoms with van der Waals surface area (Å²) in [7, 11) is -1.05. The second-order valence-electron chi connectivity index (χ2n) is 6.72. The largest absolute Gasteiger partial charge is 0.497 e. The minimum atomic E-state index is -4.50. The van der Waals surface area contributed by atoms with Crippen LogP contribution >= 0.6 is 0 Å². The SMILES string of the molecule is COc1ccc(S(=O)(=O)NCCCn2nc(C(F)(F)F)cc2C2CC2)c(OC)c1. The van der Waals surface area contributed by atoms with E-state index in [-0.39, 0.29) is 36.1 Å². The van der Waals surface area contributed by atoms with E-state index >= 15 is 0 Å². The normalized spacial score (nSPS) is 14.8. The van der Waals surface area contributed by atoms with E-state index in [0.29, 0.717) is 11.4 Å². The minimum Gasteiger partial charge on any atom is -0.497 e. The molecule has 1 aromatic carbocycles. The first kappa shape index (κ1) is 21.4. The lowest BCUT2D eigenvalue weighted by atomic mass is 10.2. The summed E-state index contributed by atoms with van der Waals surface area (Å²) in [4.78, 5) is -0.0436. The highest BCUT2D eigenvalue weighted by atomic mass is 32.2. The first-order valence-corrected chi connectivity index (χ1v) is 10.5. The second kappa shape index (κ2) is 8.23. The van der Waals surface area contributed by atoms with Crippen LogP contribution in [0.2, 0.25) is 0 Å². The van der Waals surface area contributed by atoms with Crippen LogP contribution in [0.4, 0.5) is 13.2 Å². The maximum atomic E-state index is 12.9. The van der Waals surface area contributed by atoms with Crippen LogP contribution in [0.15, 0.2) is 29.2 Å². The van der Waals surface area contributed by atoms with E-state index < -0.39 is 21.9 Å². The molecular formula is C18H22F3N3O4S. The average molecular weight is 433 g/mol. The van der Waals surface area contributed by atoms with Crippen molar-refractivity contribution in [1.29, 1.82) is 0 Å². The zero-order chi connectivity index (χ0) is 21.2. The molecule has 0 aliphatic heterocycles. The predicted molar refractivity (Wildman–Crippen MR) is 98.6 cm³/mol. The van der Waals surface area contributed by atoms with Crippen molar-refractivity contribution in [1.82, 2.24) is 14.5 Å². The van der Waals surface area contributed by atoms with Gasteiger partial charge in [0, 0.05) is 30.8 Å². The molecule has 1 aliphatic rings. The van der Waals surface area contributed by atoms with Gasteiger partial charge in [0.2, 0.25) is 10.0 Å². The van der Waals surface area contributed by atoms with E-state index in [0.717, 1.165) is 18.9 Å². The Labute approximate surface area is 166 Å². The number of methoxy groups -OCH3 is 2. The number of benzene rings is 1. The third kappa shape index (κ3) is 5.02. The molecule has 1 N–H and O–H groups in total. The molecule has 0 bridgehead atoms. The van der Waals surface area contributed by atoms with Crippen LogP contribution in [-0.4, -0.2) is 39.0 Å². The lowest BCUT2D eigenvalue weighted by molar-refractivity contribution is -0.141. The van der Waals surface area contributed by atoms with Gasteiger partial charge in [-0.1, -0.05) is 0 Å². The molecule has 0 atom stereocenters. The third-order valence-corrected chi connectivity index (χ3v) is 6.10. The Bertz CT molecular complexity index is 969. The van der Waals surface area contributed by atoms with Crippen LogP contribution in [-0.2, 0) is 22.7 Å². The predicted octanol–water partition coefficient (Wildman–Crippen LogP) is 3.17. The summed E-state index contributed by atoms with van der Waals surface area (Å²) in [5.41, 5.74) is -0.361. The number of rotatable bonds is 9. The molecular weight excluding hydrogens is 411 g/mol. The molecule has 1 saturated carbocycles. The Hall–Kier alpha value is -2.27. The van der Waals surface area contributed by atoms with Crippen LogP contribution < -0.4 is 14.2 Å². The molecule has 0 amide bonds. The van der Waals surface area contributed by atoms with Gasteiger partial charge in [-0.3, -0.25) is 4.68 Å². The summed E-state index contributed by atoms with van der Waals surface area (Å²) in [6.07, 6.45) is -2.53. The van der Waals surface area contributed by atoms with Crippen molar-refractivity contribution in [2.75, 3.05) is 20.8 Å². The van der Waals surface area contributed by atoms with Crippen LogP contribution in [0, 0.1) is 0 Å². The number of nitrogens with one attached hydrogen (secondary N) is 1. The van der Waals surface area contributed by atoms with Crippen molar-refractivity contribution in [2.24, 2.45) is 0 Å². The Balaban J connectivity index is 1.64. The lowest BCUT2D eigenvalue weighted by Gasteiger charge is -2.12. The van der Waals surface area contributed by atoms with Crippen molar-refractivity contribution < 1.29 is 31.1 Å². The van der Waals surface area contributed by atoms with Crippen molar-refractivity contribution in [3.8, 4) is 11.5 Å². The monoisotopic (exact) mass is 433 g/mol. The van der Waals surface area contributed by atoms with Gasteiger partial charge in [-0.15, -0.1) is 0 Å². The Morgan fingerprint density at radius 3 is 2.52 bits per heavy atom. The van der Waals surface area contributed by atoms with Gasteiger partial charge < -0.3 is 9.47 Å². The van der Waals surface area contributed by atoms with Crippen molar-refractivity contribution in [2.45, 2.75) is 42.8 Å². The van der Waals surface area contributed by atoms with Crippen LogP contribution in [0.5, 0.6) is 11.5 Å². The summed E-state index contributed by atoms with van der Waals surface area (Å²) in [5, 5.41) is 3.66. The Morgan fingerprint density at radius 2 is 1.93 bits per heavy atom. The van der Waals surface area contributed by atoms with E-state index in [4.69, 9.17) is 9.47 Å². The number of alkyl halides is 3. The first-order valence-electron chi connectivity index (χ1n) is 9.02. The molecule has 1 aliphatic carbocycles. The highest BCUT2D eigenvalue weighted by Crippen LogP contribution is 2.42. The van der Waals surface area contributed by atoms with E-state index in [1.807, 2.05) is 0 Å². The fraction of sp³-hybridized carbons (Fsp3) is 0.500. The summed E-state index contributed by atoms with van der Waals surface area (Å²) < 4.78 is 77.8. The molecule has 0 saturated heterocycles. The molecule has 3 rings (SSSR count). The molecule has 7 nitrogen and oxygen atoms in total. The maximum absolute atomic E-state index is 12.9. The van der Waals surface area contributed by atoms with E-state index in [1.54, 1.807) is 0 Å². The van der Waals surface area contributed by atoms with E-state index in [9.17, 15) is 21.6 Å². The third-order valence-electron chi connectivity index (χ3n) is 4.60. The summed E-state index contributed by atoms with van der Waals surface area (Å²) >= 11 is 0. The number of hydrogen-bond donors (Lipinski definition) is 1. The minimum absolute atomic E-state index is 0.0436. The van der Waals surface area contributed by atoms with Gasteiger partial charge in [-0.2, -0.15) is 18.3 Å². The Kier molecular flexibility index (Phi) is 6.08. The molecule has 11 heteroatoms. The summed E-state index contributed by atoms with van der Waals surface area (Å²) in [6, 6.07) is 5.42. The van der Waals surface area contributed by atoms with Crippen molar-refractivity contribution in [3.63, 3.8) is 0 Å². The molecule has 160 valence electrons. The quantitative estimate of drug-likeness (QED) is 0.615. The molecule has 0 spiro atoms. The van der Waals surface area contributed by atoms with Gasteiger partial charge >= 0.3 is 6.18 Å². The molecule has 29 heavy (non-hydrogen) atoms. The summed E-state index contributed by atoms with van der Waals surface area (Å²) in [5.74, 6) is 0.682. The van der Waals surface area contributed by atoms with Gasteiger partial charge in [0.1, 0.15) is 16.4 Å². The van der Waals surface area contributed by atoms with Crippen LogP contribution in [0.25, 0.3) is 0 Å². The highest BCUT2D eigenvalue weighted by molar-refractivity contribution is 7.89. The number of halogens is 3. The molecule has 1 fully saturated rings. The molecule has 0 unspecified atom stereocenters.